The van der Waals surface area contributed by atoms with Crippen LogP contribution in [0, 0.1) is 10.1 Å². The highest BCUT2D eigenvalue weighted by molar-refractivity contribution is 9.11. The Bertz CT molecular complexity index is 1250. The summed E-state index contributed by atoms with van der Waals surface area (Å²) < 4.78 is 12.0. The van der Waals surface area contributed by atoms with Crippen LogP contribution in [0.5, 0.6) is 11.5 Å². The lowest BCUT2D eigenvalue weighted by molar-refractivity contribution is -0.380. The molecular formula is C24H23BrN4O4S. The van der Waals surface area contributed by atoms with Gasteiger partial charge in [-0.2, -0.15) is 5.01 Å². The normalized spacial score (nSPS) is 22.3. The van der Waals surface area contributed by atoms with Crippen LogP contribution in [-0.4, -0.2) is 30.3 Å². The summed E-state index contributed by atoms with van der Waals surface area (Å²) in [4.78, 5) is 11.9. The van der Waals surface area contributed by atoms with Crippen LogP contribution in [0.4, 0.5) is 5.00 Å². The minimum atomic E-state index is -0.338. The van der Waals surface area contributed by atoms with Crippen LogP contribution in [-0.2, 0) is 0 Å². The van der Waals surface area contributed by atoms with Gasteiger partial charge in [0.1, 0.15) is 6.17 Å². The number of fused-ring (bicyclic) bond motifs is 1. The summed E-state index contributed by atoms with van der Waals surface area (Å²) in [5, 5.41) is 17.3. The van der Waals surface area contributed by atoms with E-state index in [-0.39, 0.29) is 28.2 Å². The summed E-state index contributed by atoms with van der Waals surface area (Å²) in [5.41, 5.74) is 6.71. The molecule has 0 spiro atoms. The zero-order chi connectivity index (χ0) is 23.8. The van der Waals surface area contributed by atoms with Gasteiger partial charge in [0, 0.05) is 17.0 Å². The number of rotatable bonds is 6. The van der Waals surface area contributed by atoms with Gasteiger partial charge in [0.15, 0.2) is 11.5 Å². The number of hydrogen-bond donors (Lipinski definition) is 2. The highest BCUT2D eigenvalue weighted by atomic mass is 79.9. The molecular weight excluding hydrogens is 520 g/mol. The Labute approximate surface area is 209 Å². The molecule has 0 bridgehead atoms. The van der Waals surface area contributed by atoms with Gasteiger partial charge >= 0.3 is 5.00 Å². The predicted octanol–water partition coefficient (Wildman–Crippen LogP) is 5.36. The van der Waals surface area contributed by atoms with Crippen molar-refractivity contribution >= 4 is 38.0 Å². The minimum Gasteiger partial charge on any atom is -0.493 e. The number of benzene rings is 2. The maximum absolute atomic E-state index is 11.3. The van der Waals surface area contributed by atoms with Crippen molar-refractivity contribution in [3.8, 4) is 11.5 Å². The van der Waals surface area contributed by atoms with E-state index in [4.69, 9.17) is 9.47 Å². The largest absolute Gasteiger partial charge is 0.493 e. The number of hydrazine groups is 1. The number of hydrogen-bond acceptors (Lipinski definition) is 8. The molecule has 2 aromatic carbocycles. The van der Waals surface area contributed by atoms with E-state index in [9.17, 15) is 10.1 Å². The van der Waals surface area contributed by atoms with Crippen molar-refractivity contribution in [1.82, 2.24) is 15.8 Å². The fraction of sp³-hybridized carbons (Fsp3) is 0.250. The molecule has 0 aliphatic carbocycles. The smallest absolute Gasteiger partial charge is 0.324 e. The third kappa shape index (κ3) is 4.07. The minimum absolute atomic E-state index is 0.0361. The number of thiophene rings is 1. The topological polar surface area (TPSA) is 88.9 Å². The predicted molar refractivity (Wildman–Crippen MR) is 135 cm³/mol. The maximum Gasteiger partial charge on any atom is 0.324 e. The van der Waals surface area contributed by atoms with Gasteiger partial charge in [0.25, 0.3) is 0 Å². The van der Waals surface area contributed by atoms with Gasteiger partial charge in [-0.25, -0.2) is 0 Å². The molecule has 0 amide bonds. The number of halogens is 1. The molecule has 2 aliphatic rings. The molecule has 10 heteroatoms. The van der Waals surface area contributed by atoms with Gasteiger partial charge in [-0.15, -0.1) is 0 Å². The first kappa shape index (κ1) is 22.9. The molecule has 0 radical (unpaired) electrons. The Hall–Kier alpha value is -2.92. The molecule has 2 N–H and O–H groups in total. The van der Waals surface area contributed by atoms with Crippen LogP contribution >= 0.6 is 27.3 Å². The molecule has 3 aromatic rings. The van der Waals surface area contributed by atoms with E-state index in [1.165, 1.54) is 11.3 Å². The first-order valence-electron chi connectivity index (χ1n) is 10.7. The van der Waals surface area contributed by atoms with E-state index in [1.807, 2.05) is 42.5 Å². The standard InChI is InChI=1S/C24H23BrN4O4S/c1-32-18-9-8-15(12-19(18)33-2)17-13-16(20-10-11-21(34-20)29(30)31)26-24-22(25)23(27-28(17)24)14-6-4-3-5-7-14/h3-12,16-17,24,26-27H,13H2,1-2H3. The number of ether oxygens (including phenoxy) is 2. The molecule has 3 unspecified atom stereocenters. The molecule has 2 aliphatic heterocycles. The van der Waals surface area contributed by atoms with Crippen LogP contribution in [0.15, 0.2) is 65.1 Å². The van der Waals surface area contributed by atoms with Gasteiger partial charge in [-0.1, -0.05) is 63.7 Å². The number of nitro groups is 1. The quantitative estimate of drug-likeness (QED) is 0.320. The van der Waals surface area contributed by atoms with Gasteiger partial charge in [0.05, 0.1) is 35.4 Å². The number of methoxy groups -OCH3 is 2. The van der Waals surface area contributed by atoms with E-state index in [0.29, 0.717) is 17.9 Å². The maximum atomic E-state index is 11.3. The second kappa shape index (κ2) is 9.38. The fourth-order valence-electron chi connectivity index (χ4n) is 4.50. The van der Waals surface area contributed by atoms with Crippen LogP contribution in [0.2, 0.25) is 0 Å². The average molecular weight is 543 g/mol. The molecule has 34 heavy (non-hydrogen) atoms. The molecule has 1 aromatic heterocycles. The fourth-order valence-corrected chi connectivity index (χ4v) is 6.07. The number of nitrogens with zero attached hydrogens (tertiary/aromatic N) is 2. The molecule has 0 saturated carbocycles. The van der Waals surface area contributed by atoms with Crippen molar-refractivity contribution in [1.29, 1.82) is 0 Å². The molecule has 1 fully saturated rings. The summed E-state index contributed by atoms with van der Waals surface area (Å²) in [6.07, 6.45) is 0.548. The van der Waals surface area contributed by atoms with Crippen molar-refractivity contribution in [3.05, 3.63) is 91.3 Å². The Kier molecular flexibility index (Phi) is 6.30. The van der Waals surface area contributed by atoms with Crippen LogP contribution in [0.1, 0.15) is 34.5 Å². The van der Waals surface area contributed by atoms with Gasteiger partial charge in [-0.3, -0.25) is 15.4 Å². The Balaban J connectivity index is 1.55. The van der Waals surface area contributed by atoms with E-state index in [2.05, 4.69) is 43.8 Å². The molecule has 3 atom stereocenters. The third-order valence-corrected chi connectivity index (χ3v) is 8.12. The van der Waals surface area contributed by atoms with Crippen LogP contribution < -0.4 is 20.2 Å². The lowest BCUT2D eigenvalue weighted by Gasteiger charge is -2.42. The first-order valence-corrected chi connectivity index (χ1v) is 12.3. The van der Waals surface area contributed by atoms with Crippen LogP contribution in [0.3, 0.4) is 0 Å². The monoisotopic (exact) mass is 542 g/mol. The molecule has 3 heterocycles. The third-order valence-electron chi connectivity index (χ3n) is 6.14. The Morgan fingerprint density at radius 1 is 1.09 bits per heavy atom. The first-order chi connectivity index (χ1) is 16.5. The number of nitrogens with one attached hydrogen (secondary N) is 2. The average Bonchev–Trinajstić information content (AvgIpc) is 3.49. The highest BCUT2D eigenvalue weighted by Crippen LogP contribution is 2.46. The van der Waals surface area contributed by atoms with E-state index in [0.717, 1.165) is 26.2 Å². The van der Waals surface area contributed by atoms with Crippen molar-refractivity contribution in [2.75, 3.05) is 14.2 Å². The zero-order valence-corrected chi connectivity index (χ0v) is 20.9. The van der Waals surface area contributed by atoms with Crippen LogP contribution in [0.25, 0.3) is 5.70 Å². The Morgan fingerprint density at radius 2 is 1.85 bits per heavy atom. The van der Waals surface area contributed by atoms with Gasteiger partial charge < -0.3 is 14.9 Å². The summed E-state index contributed by atoms with van der Waals surface area (Å²) in [5.74, 6) is 1.33. The van der Waals surface area contributed by atoms with Gasteiger partial charge in [-0.05, 0) is 35.7 Å². The summed E-state index contributed by atoms with van der Waals surface area (Å²) in [6.45, 7) is 0. The molecule has 176 valence electrons. The summed E-state index contributed by atoms with van der Waals surface area (Å²) in [6, 6.07) is 19.4. The second-order valence-electron chi connectivity index (χ2n) is 8.03. The lowest BCUT2D eigenvalue weighted by Crippen LogP contribution is -2.54. The van der Waals surface area contributed by atoms with E-state index < -0.39 is 0 Å². The van der Waals surface area contributed by atoms with Gasteiger partial charge in [0.2, 0.25) is 0 Å². The van der Waals surface area contributed by atoms with E-state index >= 15 is 0 Å². The summed E-state index contributed by atoms with van der Waals surface area (Å²) in [7, 11) is 3.24. The molecule has 5 rings (SSSR count). The van der Waals surface area contributed by atoms with Crippen molar-refractivity contribution in [3.63, 3.8) is 0 Å². The van der Waals surface area contributed by atoms with Crippen molar-refractivity contribution < 1.29 is 14.4 Å². The van der Waals surface area contributed by atoms with Crippen molar-refractivity contribution in [2.24, 2.45) is 0 Å². The zero-order valence-electron chi connectivity index (χ0n) is 18.5. The lowest BCUT2D eigenvalue weighted by atomic mass is 9.94. The molecule has 8 nitrogen and oxygen atoms in total. The SMILES string of the molecule is COc1ccc(C2CC(c3ccc([N+](=O)[O-])s3)NC3C(Br)=C(c4ccccc4)NN32)cc1OC. The Morgan fingerprint density at radius 3 is 2.53 bits per heavy atom. The molecule has 1 saturated heterocycles. The van der Waals surface area contributed by atoms with E-state index in [1.54, 1.807) is 20.3 Å². The highest BCUT2D eigenvalue weighted by Gasteiger charge is 2.44. The summed E-state index contributed by atoms with van der Waals surface area (Å²) >= 11 is 5.04. The second-order valence-corrected chi connectivity index (χ2v) is 9.98. The van der Waals surface area contributed by atoms with Crippen molar-refractivity contribution in [2.45, 2.75) is 24.7 Å².